The van der Waals surface area contributed by atoms with Gasteiger partial charge in [0, 0.05) is 19.1 Å². The van der Waals surface area contributed by atoms with Gasteiger partial charge in [-0.25, -0.2) is 10.8 Å². The molecule has 1 heterocycles. The number of pyridine rings is 1. The van der Waals surface area contributed by atoms with E-state index < -0.39 is 0 Å². The van der Waals surface area contributed by atoms with Crippen LogP contribution in [0.4, 0.5) is 5.82 Å². The summed E-state index contributed by atoms with van der Waals surface area (Å²) in [4.78, 5) is 4.26. The molecule has 4 heteroatoms. The molecule has 2 aromatic rings. The maximum absolute atomic E-state index is 5.23. The number of hydrogen-bond donors (Lipinski definition) is 2. The summed E-state index contributed by atoms with van der Waals surface area (Å²) in [5, 5.41) is 1.12. The molecular weight excluding hydrogens is 202 g/mol. The molecule has 0 unspecified atom stereocenters. The molecule has 0 fully saturated rings. The molecule has 0 aliphatic rings. The quantitative estimate of drug-likeness (QED) is 0.600. The monoisotopic (exact) mass is 219 g/mol. The standard InChI is InChI=1S/C9H9N3.C3H8O/c10-12-9-6-5-7-3-1-2-4-8(7)11-9;1-3-4-2/h1-6H,10H2,(H,11,12);3H2,1-2H3. The third-order valence-corrected chi connectivity index (χ3v) is 2.03. The number of hydrazine groups is 1. The maximum atomic E-state index is 5.23. The van der Waals surface area contributed by atoms with E-state index in [4.69, 9.17) is 5.84 Å². The lowest BCUT2D eigenvalue weighted by molar-refractivity contribution is 0.215. The fourth-order valence-electron chi connectivity index (χ4n) is 1.15. The van der Waals surface area contributed by atoms with Crippen molar-refractivity contribution < 1.29 is 4.74 Å². The Labute approximate surface area is 95.4 Å². The van der Waals surface area contributed by atoms with Gasteiger partial charge in [-0.3, -0.25) is 0 Å². The molecule has 0 bridgehead atoms. The second-order valence-electron chi connectivity index (χ2n) is 3.11. The first-order valence-electron chi connectivity index (χ1n) is 5.13. The van der Waals surface area contributed by atoms with Gasteiger partial charge in [-0.05, 0) is 25.1 Å². The summed E-state index contributed by atoms with van der Waals surface area (Å²) in [5.41, 5.74) is 3.46. The molecule has 0 spiro atoms. The van der Waals surface area contributed by atoms with Crippen molar-refractivity contribution in [2.45, 2.75) is 6.92 Å². The van der Waals surface area contributed by atoms with E-state index in [0.717, 1.165) is 17.5 Å². The van der Waals surface area contributed by atoms with Crippen molar-refractivity contribution in [2.24, 2.45) is 5.84 Å². The van der Waals surface area contributed by atoms with Crippen molar-refractivity contribution in [1.82, 2.24) is 4.98 Å². The van der Waals surface area contributed by atoms with Gasteiger partial charge in [-0.2, -0.15) is 0 Å². The largest absolute Gasteiger partial charge is 0.385 e. The Morgan fingerprint density at radius 3 is 2.56 bits per heavy atom. The summed E-state index contributed by atoms with van der Waals surface area (Å²) in [6.45, 7) is 2.78. The van der Waals surface area contributed by atoms with Crippen LogP contribution >= 0.6 is 0 Å². The second-order valence-corrected chi connectivity index (χ2v) is 3.11. The first-order chi connectivity index (χ1) is 7.81. The van der Waals surface area contributed by atoms with Crippen LogP contribution in [0.25, 0.3) is 10.9 Å². The summed E-state index contributed by atoms with van der Waals surface area (Å²) in [6.07, 6.45) is 0. The number of benzene rings is 1. The molecule has 0 aliphatic carbocycles. The fraction of sp³-hybridized carbons (Fsp3) is 0.250. The number of rotatable bonds is 2. The lowest BCUT2D eigenvalue weighted by atomic mass is 10.2. The zero-order valence-electron chi connectivity index (χ0n) is 9.60. The zero-order valence-corrected chi connectivity index (χ0v) is 9.60. The number of nitrogens with zero attached hydrogens (tertiary/aromatic N) is 1. The SMILES string of the molecule is CCOC.NNc1ccc2ccccc2n1. The highest BCUT2D eigenvalue weighted by atomic mass is 16.5. The van der Waals surface area contributed by atoms with Gasteiger partial charge in [0.15, 0.2) is 0 Å². The van der Waals surface area contributed by atoms with Crippen LogP contribution in [0.5, 0.6) is 0 Å². The Kier molecular flexibility index (Phi) is 5.25. The van der Waals surface area contributed by atoms with Crippen molar-refractivity contribution in [2.75, 3.05) is 19.1 Å². The molecule has 0 saturated carbocycles. The molecule has 1 aromatic carbocycles. The predicted octanol–water partition coefficient (Wildman–Crippen LogP) is 2.17. The Bertz CT molecular complexity index is 429. The summed E-state index contributed by atoms with van der Waals surface area (Å²) < 4.78 is 4.54. The lowest BCUT2D eigenvalue weighted by Crippen LogP contribution is -2.07. The van der Waals surface area contributed by atoms with Crippen molar-refractivity contribution in [3.8, 4) is 0 Å². The number of nitrogens with one attached hydrogen (secondary N) is 1. The normalized spacial score (nSPS) is 9.44. The van der Waals surface area contributed by atoms with Gasteiger partial charge in [0.2, 0.25) is 0 Å². The van der Waals surface area contributed by atoms with E-state index in [1.165, 1.54) is 0 Å². The lowest BCUT2D eigenvalue weighted by Gasteiger charge is -2.00. The van der Waals surface area contributed by atoms with E-state index in [2.05, 4.69) is 15.1 Å². The van der Waals surface area contributed by atoms with Gasteiger partial charge in [-0.1, -0.05) is 18.2 Å². The summed E-state index contributed by atoms with van der Waals surface area (Å²) in [7, 11) is 1.68. The number of methoxy groups -OCH3 is 1. The van der Waals surface area contributed by atoms with Crippen LogP contribution in [-0.2, 0) is 4.74 Å². The minimum atomic E-state index is 0.689. The molecule has 4 nitrogen and oxygen atoms in total. The van der Waals surface area contributed by atoms with Gasteiger partial charge in [0.05, 0.1) is 5.52 Å². The van der Waals surface area contributed by atoms with Crippen molar-refractivity contribution in [3.63, 3.8) is 0 Å². The topological polar surface area (TPSA) is 60.2 Å². The zero-order chi connectivity index (χ0) is 11.8. The minimum Gasteiger partial charge on any atom is -0.385 e. The molecule has 2 rings (SSSR count). The fourth-order valence-corrected chi connectivity index (χ4v) is 1.15. The molecule has 0 radical (unpaired) electrons. The third kappa shape index (κ3) is 3.49. The van der Waals surface area contributed by atoms with Crippen LogP contribution in [0.15, 0.2) is 36.4 Å². The van der Waals surface area contributed by atoms with Gasteiger partial charge >= 0.3 is 0 Å². The van der Waals surface area contributed by atoms with Crippen molar-refractivity contribution in [3.05, 3.63) is 36.4 Å². The number of fused-ring (bicyclic) bond motifs is 1. The van der Waals surface area contributed by atoms with Gasteiger partial charge in [-0.15, -0.1) is 0 Å². The first kappa shape index (κ1) is 12.4. The third-order valence-electron chi connectivity index (χ3n) is 2.03. The number of para-hydroxylation sites is 1. The van der Waals surface area contributed by atoms with Crippen molar-refractivity contribution >= 4 is 16.7 Å². The summed E-state index contributed by atoms with van der Waals surface area (Å²) in [6, 6.07) is 11.7. The Morgan fingerprint density at radius 2 is 1.94 bits per heavy atom. The predicted molar refractivity (Wildman–Crippen MR) is 67.1 cm³/mol. The first-order valence-corrected chi connectivity index (χ1v) is 5.13. The highest BCUT2D eigenvalue weighted by molar-refractivity contribution is 5.79. The number of nitrogens with two attached hydrogens (primary N) is 1. The van der Waals surface area contributed by atoms with Crippen LogP contribution in [0.2, 0.25) is 0 Å². The van der Waals surface area contributed by atoms with Crippen LogP contribution in [-0.4, -0.2) is 18.7 Å². The van der Waals surface area contributed by atoms with E-state index in [1.54, 1.807) is 7.11 Å². The summed E-state index contributed by atoms with van der Waals surface area (Å²) in [5.74, 6) is 5.92. The minimum absolute atomic E-state index is 0.689. The van der Waals surface area contributed by atoms with E-state index in [0.29, 0.717) is 5.82 Å². The molecule has 3 N–H and O–H groups in total. The van der Waals surface area contributed by atoms with Gasteiger partial charge < -0.3 is 10.2 Å². The highest BCUT2D eigenvalue weighted by Gasteiger charge is 1.93. The average molecular weight is 219 g/mol. The molecular formula is C12H17N3O. The van der Waals surface area contributed by atoms with E-state index in [1.807, 2.05) is 43.3 Å². The number of nitrogen functional groups attached to an aromatic ring is 1. The highest BCUT2D eigenvalue weighted by Crippen LogP contribution is 2.13. The Balaban J connectivity index is 0.000000280. The number of ether oxygens (including phenoxy) is 1. The van der Waals surface area contributed by atoms with E-state index >= 15 is 0 Å². The van der Waals surface area contributed by atoms with E-state index in [-0.39, 0.29) is 0 Å². The Hall–Kier alpha value is -1.65. The van der Waals surface area contributed by atoms with Crippen LogP contribution < -0.4 is 11.3 Å². The molecule has 0 saturated heterocycles. The maximum Gasteiger partial charge on any atom is 0.140 e. The Morgan fingerprint density at radius 1 is 1.25 bits per heavy atom. The van der Waals surface area contributed by atoms with Gasteiger partial charge in [0.25, 0.3) is 0 Å². The van der Waals surface area contributed by atoms with E-state index in [9.17, 15) is 0 Å². The van der Waals surface area contributed by atoms with Crippen LogP contribution in [0.3, 0.4) is 0 Å². The second kappa shape index (κ2) is 6.76. The molecule has 1 aromatic heterocycles. The van der Waals surface area contributed by atoms with Crippen molar-refractivity contribution in [1.29, 1.82) is 0 Å². The summed E-state index contributed by atoms with van der Waals surface area (Å²) >= 11 is 0. The number of anilines is 1. The number of hydrogen-bond acceptors (Lipinski definition) is 4. The van der Waals surface area contributed by atoms with Crippen LogP contribution in [0.1, 0.15) is 6.92 Å². The molecule has 0 atom stereocenters. The number of aromatic nitrogens is 1. The molecule has 86 valence electrons. The van der Waals surface area contributed by atoms with Gasteiger partial charge in [0.1, 0.15) is 5.82 Å². The molecule has 16 heavy (non-hydrogen) atoms. The van der Waals surface area contributed by atoms with Crippen LogP contribution in [0, 0.1) is 0 Å². The average Bonchev–Trinajstić information content (AvgIpc) is 2.38. The molecule has 0 amide bonds. The smallest absolute Gasteiger partial charge is 0.140 e. The molecule has 0 aliphatic heterocycles.